The summed E-state index contributed by atoms with van der Waals surface area (Å²) in [6.45, 7) is 3.92. The van der Waals surface area contributed by atoms with Crippen molar-refractivity contribution in [1.29, 1.82) is 0 Å². The molecule has 0 aliphatic heterocycles. The van der Waals surface area contributed by atoms with E-state index in [0.717, 1.165) is 6.29 Å². The Morgan fingerprint density at radius 3 is 2.78 bits per heavy atom. The van der Waals surface area contributed by atoms with Gasteiger partial charge in [-0.15, -0.1) is 0 Å². The number of furan rings is 1. The van der Waals surface area contributed by atoms with Crippen LogP contribution >= 0.6 is 0 Å². The maximum absolute atomic E-state index is 11.9. The number of aldehydes is 1. The van der Waals surface area contributed by atoms with Gasteiger partial charge in [0.25, 0.3) is 5.91 Å². The fourth-order valence-corrected chi connectivity index (χ4v) is 2.02. The quantitative estimate of drug-likeness (QED) is 0.757. The molecule has 1 aromatic heterocycles. The molecule has 0 radical (unpaired) electrons. The number of carbonyl (C=O) groups is 2. The molecular weight excluding hydrogens is 298 g/mol. The molecule has 1 heterocycles. The molecule has 0 saturated heterocycles. The van der Waals surface area contributed by atoms with Crippen LogP contribution in [0.3, 0.4) is 0 Å². The molecule has 0 bridgehead atoms. The van der Waals surface area contributed by atoms with Crippen molar-refractivity contribution in [1.82, 2.24) is 5.32 Å². The van der Waals surface area contributed by atoms with E-state index in [4.69, 9.17) is 13.9 Å². The summed E-state index contributed by atoms with van der Waals surface area (Å²) in [6.07, 6.45) is 2.28. The highest BCUT2D eigenvalue weighted by Crippen LogP contribution is 2.28. The number of hydrogen-bond acceptors (Lipinski definition) is 5. The van der Waals surface area contributed by atoms with Crippen molar-refractivity contribution < 1.29 is 23.5 Å². The Morgan fingerprint density at radius 2 is 2.13 bits per heavy atom. The van der Waals surface area contributed by atoms with Crippen LogP contribution in [0.25, 0.3) is 0 Å². The Balaban J connectivity index is 1.94. The van der Waals surface area contributed by atoms with Gasteiger partial charge in [0.15, 0.2) is 18.1 Å². The summed E-state index contributed by atoms with van der Waals surface area (Å²) in [5.74, 6) is 1.24. The lowest BCUT2D eigenvalue weighted by molar-refractivity contribution is -0.123. The third kappa shape index (κ3) is 4.60. The van der Waals surface area contributed by atoms with Gasteiger partial charge < -0.3 is 19.2 Å². The van der Waals surface area contributed by atoms with E-state index in [1.807, 2.05) is 13.8 Å². The average Bonchev–Trinajstić information content (AvgIpc) is 3.08. The molecule has 0 unspecified atom stereocenters. The van der Waals surface area contributed by atoms with Gasteiger partial charge in [0, 0.05) is 5.56 Å². The number of nitrogens with one attached hydrogen (secondary N) is 1. The minimum atomic E-state index is -0.282. The van der Waals surface area contributed by atoms with Gasteiger partial charge >= 0.3 is 0 Å². The van der Waals surface area contributed by atoms with Gasteiger partial charge in [-0.3, -0.25) is 9.59 Å². The first-order valence-electron chi connectivity index (χ1n) is 7.31. The third-order valence-electron chi connectivity index (χ3n) is 3.11. The van der Waals surface area contributed by atoms with Crippen molar-refractivity contribution in [3.05, 3.63) is 47.9 Å². The maximum Gasteiger partial charge on any atom is 0.258 e. The summed E-state index contributed by atoms with van der Waals surface area (Å²) in [5.41, 5.74) is 0.483. The average molecular weight is 317 g/mol. The summed E-state index contributed by atoms with van der Waals surface area (Å²) in [7, 11) is 0. The first kappa shape index (κ1) is 16.6. The van der Waals surface area contributed by atoms with E-state index in [-0.39, 0.29) is 18.6 Å². The Morgan fingerprint density at radius 1 is 1.30 bits per heavy atom. The van der Waals surface area contributed by atoms with E-state index in [1.54, 1.807) is 36.6 Å². The summed E-state index contributed by atoms with van der Waals surface area (Å²) in [6, 6.07) is 8.10. The number of carbonyl (C=O) groups excluding carboxylic acids is 2. The highest BCUT2D eigenvalue weighted by atomic mass is 16.5. The Labute approximate surface area is 134 Å². The molecule has 2 rings (SSSR count). The molecule has 0 saturated carbocycles. The second-order valence-electron chi connectivity index (χ2n) is 4.85. The Kier molecular flexibility index (Phi) is 5.80. The van der Waals surface area contributed by atoms with Crippen LogP contribution in [0.15, 0.2) is 41.0 Å². The summed E-state index contributed by atoms with van der Waals surface area (Å²) < 4.78 is 16.1. The SMILES string of the molecule is CCOc1cc(C=O)ccc1OCC(=O)N[C@@H](C)c1ccco1. The number of hydrogen-bond donors (Lipinski definition) is 1. The molecular formula is C17H19NO5. The summed E-state index contributed by atoms with van der Waals surface area (Å²) >= 11 is 0. The topological polar surface area (TPSA) is 77.8 Å². The van der Waals surface area contributed by atoms with E-state index in [0.29, 0.717) is 29.4 Å². The van der Waals surface area contributed by atoms with Crippen molar-refractivity contribution >= 4 is 12.2 Å². The third-order valence-corrected chi connectivity index (χ3v) is 3.11. The van der Waals surface area contributed by atoms with Gasteiger partial charge in [0.1, 0.15) is 12.0 Å². The van der Waals surface area contributed by atoms with Crippen molar-refractivity contribution in [3.8, 4) is 11.5 Å². The standard InChI is InChI=1S/C17H19NO5/c1-3-21-16-9-13(10-19)6-7-15(16)23-11-17(20)18-12(2)14-5-4-8-22-14/h4-10,12H,3,11H2,1-2H3,(H,18,20)/t12-/m0/s1. The molecule has 122 valence electrons. The number of ether oxygens (including phenoxy) is 2. The zero-order chi connectivity index (χ0) is 16.7. The van der Waals surface area contributed by atoms with E-state index >= 15 is 0 Å². The Bertz CT molecular complexity index is 651. The number of rotatable bonds is 8. The maximum atomic E-state index is 11.9. The summed E-state index contributed by atoms with van der Waals surface area (Å²) in [5, 5.41) is 2.77. The monoisotopic (exact) mass is 317 g/mol. The van der Waals surface area contributed by atoms with Crippen LogP contribution in [0, 0.1) is 0 Å². The van der Waals surface area contributed by atoms with E-state index in [9.17, 15) is 9.59 Å². The molecule has 1 amide bonds. The van der Waals surface area contributed by atoms with Crippen molar-refractivity contribution in [2.75, 3.05) is 13.2 Å². The molecule has 2 aromatic rings. The van der Waals surface area contributed by atoms with Gasteiger partial charge in [-0.25, -0.2) is 0 Å². The van der Waals surface area contributed by atoms with E-state index < -0.39 is 0 Å². The smallest absolute Gasteiger partial charge is 0.258 e. The van der Waals surface area contributed by atoms with Gasteiger partial charge in [0.05, 0.1) is 18.9 Å². The van der Waals surface area contributed by atoms with Crippen LogP contribution in [0.4, 0.5) is 0 Å². The van der Waals surface area contributed by atoms with Crippen LogP contribution < -0.4 is 14.8 Å². The molecule has 6 heteroatoms. The molecule has 0 aliphatic carbocycles. The van der Waals surface area contributed by atoms with Crippen LogP contribution in [0.5, 0.6) is 11.5 Å². The Hall–Kier alpha value is -2.76. The van der Waals surface area contributed by atoms with E-state index in [2.05, 4.69) is 5.32 Å². The summed E-state index contributed by atoms with van der Waals surface area (Å²) in [4.78, 5) is 22.7. The van der Waals surface area contributed by atoms with Crippen LogP contribution in [0.1, 0.15) is 36.0 Å². The first-order chi connectivity index (χ1) is 11.1. The fourth-order valence-electron chi connectivity index (χ4n) is 2.02. The van der Waals surface area contributed by atoms with Crippen LogP contribution in [0.2, 0.25) is 0 Å². The molecule has 6 nitrogen and oxygen atoms in total. The van der Waals surface area contributed by atoms with Crippen molar-refractivity contribution in [2.45, 2.75) is 19.9 Å². The second kappa shape index (κ2) is 8.03. The fraction of sp³-hybridized carbons (Fsp3) is 0.294. The normalized spacial score (nSPS) is 11.6. The molecule has 0 fully saturated rings. The first-order valence-corrected chi connectivity index (χ1v) is 7.31. The molecule has 1 aromatic carbocycles. The van der Waals surface area contributed by atoms with Crippen LogP contribution in [-0.4, -0.2) is 25.4 Å². The number of amides is 1. The van der Waals surface area contributed by atoms with Crippen LogP contribution in [-0.2, 0) is 4.79 Å². The lowest BCUT2D eigenvalue weighted by Gasteiger charge is -2.14. The van der Waals surface area contributed by atoms with Gasteiger partial charge in [-0.1, -0.05) is 0 Å². The van der Waals surface area contributed by atoms with Gasteiger partial charge in [-0.2, -0.15) is 0 Å². The predicted molar refractivity (Wildman–Crippen MR) is 83.8 cm³/mol. The largest absolute Gasteiger partial charge is 0.490 e. The molecule has 0 aliphatic rings. The zero-order valence-electron chi connectivity index (χ0n) is 13.1. The highest BCUT2D eigenvalue weighted by molar-refractivity contribution is 5.78. The van der Waals surface area contributed by atoms with Gasteiger partial charge in [0.2, 0.25) is 0 Å². The predicted octanol–water partition coefficient (Wildman–Crippen LogP) is 2.75. The molecule has 1 N–H and O–H groups in total. The lowest BCUT2D eigenvalue weighted by Crippen LogP contribution is -2.31. The molecule has 1 atom stereocenters. The molecule has 23 heavy (non-hydrogen) atoms. The second-order valence-corrected chi connectivity index (χ2v) is 4.85. The zero-order valence-corrected chi connectivity index (χ0v) is 13.1. The minimum absolute atomic E-state index is 0.161. The highest BCUT2D eigenvalue weighted by Gasteiger charge is 2.13. The van der Waals surface area contributed by atoms with Crippen molar-refractivity contribution in [3.63, 3.8) is 0 Å². The lowest BCUT2D eigenvalue weighted by atomic mass is 10.2. The van der Waals surface area contributed by atoms with Gasteiger partial charge in [-0.05, 0) is 44.2 Å². The van der Waals surface area contributed by atoms with Crippen molar-refractivity contribution in [2.24, 2.45) is 0 Å². The van der Waals surface area contributed by atoms with E-state index in [1.165, 1.54) is 0 Å². The molecule has 0 spiro atoms. The number of benzene rings is 1. The minimum Gasteiger partial charge on any atom is -0.490 e.